The van der Waals surface area contributed by atoms with Crippen LogP contribution in [0.15, 0.2) is 0 Å². The zero-order valence-corrected chi connectivity index (χ0v) is 13.7. The van der Waals surface area contributed by atoms with Gasteiger partial charge in [0.05, 0.1) is 5.69 Å². The van der Waals surface area contributed by atoms with Crippen molar-refractivity contribution in [1.29, 1.82) is 0 Å². The predicted molar refractivity (Wildman–Crippen MR) is 83.1 cm³/mol. The molecule has 0 unspecified atom stereocenters. The van der Waals surface area contributed by atoms with E-state index in [2.05, 4.69) is 19.2 Å². The van der Waals surface area contributed by atoms with E-state index in [4.69, 9.17) is 9.72 Å². The van der Waals surface area contributed by atoms with E-state index >= 15 is 0 Å². The number of hydrogen-bond acceptors (Lipinski definition) is 4. The summed E-state index contributed by atoms with van der Waals surface area (Å²) in [6, 6.07) is 0.757. The molecule has 1 heterocycles. The first kappa shape index (κ1) is 14.5. The Morgan fingerprint density at radius 1 is 1.40 bits per heavy atom. The number of ether oxygens (including phenoxy) is 1. The fourth-order valence-electron chi connectivity index (χ4n) is 2.79. The summed E-state index contributed by atoms with van der Waals surface area (Å²) in [7, 11) is 1.84. The largest absolute Gasteiger partial charge is 0.371 e. The van der Waals surface area contributed by atoms with Crippen LogP contribution in [-0.2, 0) is 23.3 Å². The van der Waals surface area contributed by atoms with Gasteiger partial charge in [0.1, 0.15) is 10.6 Å². The summed E-state index contributed by atoms with van der Waals surface area (Å²) in [5.74, 6) is 0.657. The first-order valence-corrected chi connectivity index (χ1v) is 8.72. The number of nitrogens with one attached hydrogen (secondary N) is 1. The Kier molecular flexibility index (Phi) is 4.16. The van der Waals surface area contributed by atoms with Crippen molar-refractivity contribution in [3.63, 3.8) is 0 Å². The number of aromatic nitrogens is 1. The average molecular weight is 294 g/mol. The van der Waals surface area contributed by atoms with Crippen molar-refractivity contribution >= 4 is 11.3 Å². The van der Waals surface area contributed by atoms with Gasteiger partial charge < -0.3 is 10.1 Å². The maximum atomic E-state index is 5.80. The highest BCUT2D eigenvalue weighted by molar-refractivity contribution is 7.11. The normalized spacial score (nSPS) is 21.2. The molecule has 1 aromatic heterocycles. The van der Waals surface area contributed by atoms with Crippen molar-refractivity contribution in [3.05, 3.63) is 15.6 Å². The third-order valence-electron chi connectivity index (χ3n) is 4.45. The molecular weight excluding hydrogens is 268 g/mol. The van der Waals surface area contributed by atoms with E-state index in [1.165, 1.54) is 34.8 Å². The Bertz CT molecular complexity index is 456. The molecule has 0 bridgehead atoms. The Balaban J connectivity index is 1.79. The molecule has 0 atom stereocenters. The van der Waals surface area contributed by atoms with Gasteiger partial charge in [-0.3, -0.25) is 0 Å². The monoisotopic (exact) mass is 294 g/mol. The van der Waals surface area contributed by atoms with E-state index < -0.39 is 0 Å². The van der Waals surface area contributed by atoms with E-state index in [0.29, 0.717) is 5.92 Å². The third kappa shape index (κ3) is 2.92. The summed E-state index contributed by atoms with van der Waals surface area (Å²) in [5, 5.41) is 4.85. The summed E-state index contributed by atoms with van der Waals surface area (Å²) in [6.45, 7) is 5.53. The fraction of sp³-hybridized carbons (Fsp3) is 0.812. The van der Waals surface area contributed by atoms with Gasteiger partial charge in [0.25, 0.3) is 0 Å². The molecule has 1 N–H and O–H groups in total. The molecule has 0 amide bonds. The van der Waals surface area contributed by atoms with Crippen LogP contribution < -0.4 is 5.32 Å². The highest BCUT2D eigenvalue weighted by atomic mass is 32.1. The second-order valence-corrected chi connectivity index (χ2v) is 7.78. The van der Waals surface area contributed by atoms with Crippen LogP contribution in [0.25, 0.3) is 0 Å². The van der Waals surface area contributed by atoms with Crippen molar-refractivity contribution in [2.24, 2.45) is 5.92 Å². The van der Waals surface area contributed by atoms with Gasteiger partial charge in [-0.25, -0.2) is 4.98 Å². The smallest absolute Gasteiger partial charge is 0.125 e. The van der Waals surface area contributed by atoms with Crippen molar-refractivity contribution in [2.75, 3.05) is 7.11 Å². The van der Waals surface area contributed by atoms with Crippen molar-refractivity contribution in [1.82, 2.24) is 10.3 Å². The molecule has 3 nitrogen and oxygen atoms in total. The minimum atomic E-state index is -0.0613. The molecule has 0 radical (unpaired) electrons. The lowest BCUT2D eigenvalue weighted by Gasteiger charge is -2.38. The lowest BCUT2D eigenvalue weighted by atomic mass is 9.80. The van der Waals surface area contributed by atoms with E-state index in [1.807, 2.05) is 18.4 Å². The number of thiazole rings is 1. The van der Waals surface area contributed by atoms with Gasteiger partial charge in [-0.05, 0) is 44.4 Å². The Morgan fingerprint density at radius 3 is 2.65 bits per heavy atom. The summed E-state index contributed by atoms with van der Waals surface area (Å²) in [4.78, 5) is 6.40. The lowest BCUT2D eigenvalue weighted by Crippen LogP contribution is -2.35. The maximum Gasteiger partial charge on any atom is 0.125 e. The van der Waals surface area contributed by atoms with Gasteiger partial charge in [-0.2, -0.15) is 0 Å². The highest BCUT2D eigenvalue weighted by Gasteiger charge is 2.42. The maximum absolute atomic E-state index is 5.80. The van der Waals surface area contributed by atoms with Crippen molar-refractivity contribution in [2.45, 2.75) is 70.6 Å². The fourth-order valence-corrected chi connectivity index (χ4v) is 4.06. The standard InChI is InChI=1S/C16H26N2OS/c1-11(2)9-13-14(10-17-12-5-6-12)20-15(18-13)16(19-3)7-4-8-16/h11-12,17H,4-10H2,1-3H3. The van der Waals surface area contributed by atoms with Crippen LogP contribution in [0.4, 0.5) is 0 Å². The third-order valence-corrected chi connectivity index (χ3v) is 5.73. The SMILES string of the molecule is COC1(c2nc(CC(C)C)c(CNC3CC3)s2)CCC1. The zero-order valence-electron chi connectivity index (χ0n) is 12.9. The molecule has 2 saturated carbocycles. The molecule has 4 heteroatoms. The Labute approximate surface area is 126 Å². The van der Waals surface area contributed by atoms with Gasteiger partial charge in [0.2, 0.25) is 0 Å². The molecule has 112 valence electrons. The van der Waals surface area contributed by atoms with Crippen LogP contribution in [0, 0.1) is 5.92 Å². The minimum Gasteiger partial charge on any atom is -0.371 e. The Hall–Kier alpha value is -0.450. The zero-order chi connectivity index (χ0) is 14.2. The highest BCUT2D eigenvalue weighted by Crippen LogP contribution is 2.46. The summed E-state index contributed by atoms with van der Waals surface area (Å²) >= 11 is 1.88. The molecule has 2 fully saturated rings. The molecule has 2 aliphatic rings. The molecule has 0 spiro atoms. The molecule has 0 saturated heterocycles. The van der Waals surface area contributed by atoms with Crippen LogP contribution in [0.5, 0.6) is 0 Å². The topological polar surface area (TPSA) is 34.1 Å². The molecule has 0 aliphatic heterocycles. The van der Waals surface area contributed by atoms with E-state index in [0.717, 1.165) is 31.8 Å². The quantitative estimate of drug-likeness (QED) is 0.834. The molecule has 3 rings (SSSR count). The van der Waals surface area contributed by atoms with E-state index in [-0.39, 0.29) is 5.60 Å². The van der Waals surface area contributed by atoms with Crippen LogP contribution in [-0.4, -0.2) is 18.1 Å². The lowest BCUT2D eigenvalue weighted by molar-refractivity contribution is -0.0780. The number of methoxy groups -OCH3 is 1. The molecule has 1 aromatic rings. The van der Waals surface area contributed by atoms with Gasteiger partial charge in [0, 0.05) is 24.6 Å². The molecule has 20 heavy (non-hydrogen) atoms. The molecular formula is C16H26N2OS. The average Bonchev–Trinajstić information content (AvgIpc) is 3.09. The van der Waals surface area contributed by atoms with E-state index in [9.17, 15) is 0 Å². The van der Waals surface area contributed by atoms with Crippen LogP contribution in [0.3, 0.4) is 0 Å². The second-order valence-electron chi connectivity index (χ2n) is 6.69. The minimum absolute atomic E-state index is 0.0613. The van der Waals surface area contributed by atoms with Gasteiger partial charge in [-0.15, -0.1) is 11.3 Å². The van der Waals surface area contributed by atoms with Crippen molar-refractivity contribution < 1.29 is 4.74 Å². The first-order valence-electron chi connectivity index (χ1n) is 7.90. The van der Waals surface area contributed by atoms with Crippen LogP contribution in [0.2, 0.25) is 0 Å². The summed E-state index contributed by atoms with van der Waals surface area (Å²) < 4.78 is 5.80. The molecule has 2 aliphatic carbocycles. The first-order chi connectivity index (χ1) is 9.63. The second kappa shape index (κ2) is 5.74. The van der Waals surface area contributed by atoms with Crippen LogP contribution >= 0.6 is 11.3 Å². The van der Waals surface area contributed by atoms with Gasteiger partial charge in [0.15, 0.2) is 0 Å². The predicted octanol–water partition coefficient (Wildman–Crippen LogP) is 3.62. The van der Waals surface area contributed by atoms with Gasteiger partial charge >= 0.3 is 0 Å². The van der Waals surface area contributed by atoms with Crippen molar-refractivity contribution in [3.8, 4) is 0 Å². The van der Waals surface area contributed by atoms with Crippen LogP contribution in [0.1, 0.15) is 61.5 Å². The summed E-state index contributed by atoms with van der Waals surface area (Å²) in [5.41, 5.74) is 1.24. The van der Waals surface area contributed by atoms with Gasteiger partial charge in [-0.1, -0.05) is 13.8 Å². The number of rotatable bonds is 7. The van der Waals surface area contributed by atoms with E-state index in [1.54, 1.807) is 0 Å². The molecule has 0 aromatic carbocycles. The number of hydrogen-bond donors (Lipinski definition) is 1. The number of nitrogens with zero attached hydrogens (tertiary/aromatic N) is 1. The summed E-state index contributed by atoms with van der Waals surface area (Å²) in [6.07, 6.45) is 7.29. The Morgan fingerprint density at radius 2 is 2.15 bits per heavy atom.